The van der Waals surface area contributed by atoms with E-state index >= 15 is 0 Å². The first-order valence-corrected chi connectivity index (χ1v) is 8.33. The van der Waals surface area contributed by atoms with Gasteiger partial charge in [-0.05, 0) is 50.8 Å². The molecule has 2 heterocycles. The smallest absolute Gasteiger partial charge is 0.125 e. The Bertz CT molecular complexity index is 492. The van der Waals surface area contributed by atoms with Gasteiger partial charge >= 0.3 is 0 Å². The summed E-state index contributed by atoms with van der Waals surface area (Å²) in [6.07, 6.45) is 4.27. The Morgan fingerprint density at radius 1 is 1.24 bits per heavy atom. The first kappa shape index (κ1) is 14.9. The average Bonchev–Trinajstić information content (AvgIpc) is 2.49. The van der Waals surface area contributed by atoms with Gasteiger partial charge < -0.3 is 9.84 Å². The molecule has 116 valence electrons. The molecule has 1 saturated heterocycles. The molecule has 0 aromatic heterocycles. The summed E-state index contributed by atoms with van der Waals surface area (Å²) in [7, 11) is 0. The Hall–Kier alpha value is -1.06. The van der Waals surface area contributed by atoms with Crippen LogP contribution in [0.3, 0.4) is 0 Å². The monoisotopic (exact) mass is 289 g/mol. The van der Waals surface area contributed by atoms with Crippen LogP contribution < -0.4 is 4.74 Å². The summed E-state index contributed by atoms with van der Waals surface area (Å²) in [5, 5.41) is 10.9. The van der Waals surface area contributed by atoms with E-state index in [1.165, 1.54) is 24.8 Å². The maximum Gasteiger partial charge on any atom is 0.125 e. The van der Waals surface area contributed by atoms with Crippen molar-refractivity contribution in [3.05, 3.63) is 29.3 Å². The molecule has 4 unspecified atom stereocenters. The molecule has 3 rings (SSSR count). The zero-order chi connectivity index (χ0) is 15.0. The Labute approximate surface area is 127 Å². The van der Waals surface area contributed by atoms with Crippen molar-refractivity contribution < 1.29 is 9.84 Å². The van der Waals surface area contributed by atoms with E-state index in [0.29, 0.717) is 18.7 Å². The number of benzene rings is 1. The molecule has 3 nitrogen and oxygen atoms in total. The van der Waals surface area contributed by atoms with Crippen LogP contribution in [0.15, 0.2) is 18.2 Å². The zero-order valence-electron chi connectivity index (χ0n) is 13.4. The molecule has 0 radical (unpaired) electrons. The van der Waals surface area contributed by atoms with Gasteiger partial charge in [-0.15, -0.1) is 0 Å². The second-order valence-corrected chi connectivity index (χ2v) is 6.63. The van der Waals surface area contributed by atoms with Crippen molar-refractivity contribution in [2.24, 2.45) is 0 Å². The summed E-state index contributed by atoms with van der Waals surface area (Å²) in [4.78, 5) is 2.48. The molecule has 1 fully saturated rings. The van der Waals surface area contributed by atoms with Gasteiger partial charge in [0.05, 0.1) is 6.04 Å². The summed E-state index contributed by atoms with van der Waals surface area (Å²) in [6, 6.07) is 7.34. The Kier molecular flexibility index (Phi) is 4.23. The van der Waals surface area contributed by atoms with Crippen molar-refractivity contribution in [1.82, 2.24) is 4.90 Å². The predicted molar refractivity (Wildman–Crippen MR) is 84.7 cm³/mol. The summed E-state index contributed by atoms with van der Waals surface area (Å²) < 4.78 is 5.95. The minimum absolute atomic E-state index is 0.0786. The molecule has 2 aliphatic rings. The van der Waals surface area contributed by atoms with Gasteiger partial charge in [0.1, 0.15) is 18.5 Å². The first-order chi connectivity index (χ1) is 10.1. The topological polar surface area (TPSA) is 32.7 Å². The number of piperidine rings is 1. The normalized spacial score (nSPS) is 33.3. The van der Waals surface area contributed by atoms with E-state index < -0.39 is 6.10 Å². The lowest BCUT2D eigenvalue weighted by molar-refractivity contribution is -0.0470. The third-order valence-electron chi connectivity index (χ3n) is 5.22. The van der Waals surface area contributed by atoms with E-state index in [4.69, 9.17) is 4.74 Å². The highest BCUT2D eigenvalue weighted by Crippen LogP contribution is 2.38. The second-order valence-electron chi connectivity index (χ2n) is 6.63. The van der Waals surface area contributed by atoms with Gasteiger partial charge in [-0.3, -0.25) is 4.90 Å². The molecular weight excluding hydrogens is 262 g/mol. The predicted octanol–water partition coefficient (Wildman–Crippen LogP) is 3.31. The molecule has 1 aromatic rings. The zero-order valence-corrected chi connectivity index (χ0v) is 13.4. The molecular formula is C18H27NO2. The molecule has 21 heavy (non-hydrogen) atoms. The van der Waals surface area contributed by atoms with E-state index in [1.54, 1.807) is 0 Å². The van der Waals surface area contributed by atoms with Crippen LogP contribution in [0.5, 0.6) is 5.75 Å². The van der Waals surface area contributed by atoms with Gasteiger partial charge in [-0.1, -0.05) is 19.4 Å². The van der Waals surface area contributed by atoms with Gasteiger partial charge in [-0.25, -0.2) is 0 Å². The first-order valence-electron chi connectivity index (χ1n) is 8.33. The SMILES string of the molecule is CCc1ccc2c(c1)C(O)C(N1C(C)CCCC1C)CO2. The van der Waals surface area contributed by atoms with Gasteiger partial charge in [0, 0.05) is 17.6 Å². The van der Waals surface area contributed by atoms with Gasteiger partial charge in [0.15, 0.2) is 0 Å². The van der Waals surface area contributed by atoms with Crippen LogP contribution in [0, 0.1) is 0 Å². The van der Waals surface area contributed by atoms with Crippen molar-refractivity contribution >= 4 is 0 Å². The van der Waals surface area contributed by atoms with Crippen molar-refractivity contribution in [3.63, 3.8) is 0 Å². The fraction of sp³-hybridized carbons (Fsp3) is 0.667. The largest absolute Gasteiger partial charge is 0.491 e. The van der Waals surface area contributed by atoms with Gasteiger partial charge in [-0.2, -0.15) is 0 Å². The van der Waals surface area contributed by atoms with E-state index in [2.05, 4.69) is 37.8 Å². The number of hydrogen-bond donors (Lipinski definition) is 1. The fourth-order valence-electron chi connectivity index (χ4n) is 4.00. The number of ether oxygens (including phenoxy) is 1. The average molecular weight is 289 g/mol. The van der Waals surface area contributed by atoms with Gasteiger partial charge in [0.2, 0.25) is 0 Å². The highest BCUT2D eigenvalue weighted by Gasteiger charge is 2.39. The number of aryl methyl sites for hydroxylation is 1. The molecule has 3 heteroatoms. The lowest BCUT2D eigenvalue weighted by Crippen LogP contribution is -2.55. The Morgan fingerprint density at radius 2 is 1.95 bits per heavy atom. The maximum atomic E-state index is 10.9. The van der Waals surface area contributed by atoms with Gasteiger partial charge in [0.25, 0.3) is 0 Å². The minimum Gasteiger partial charge on any atom is -0.491 e. The third kappa shape index (κ3) is 2.69. The Morgan fingerprint density at radius 3 is 2.62 bits per heavy atom. The van der Waals surface area contributed by atoms with E-state index in [-0.39, 0.29) is 6.04 Å². The molecule has 0 bridgehead atoms. The summed E-state index contributed by atoms with van der Waals surface area (Å²) in [5.41, 5.74) is 2.23. The maximum absolute atomic E-state index is 10.9. The number of aliphatic hydroxyl groups excluding tert-OH is 1. The number of hydrogen-bond acceptors (Lipinski definition) is 3. The van der Waals surface area contributed by atoms with Crippen molar-refractivity contribution in [1.29, 1.82) is 0 Å². The second kappa shape index (κ2) is 5.98. The number of fused-ring (bicyclic) bond motifs is 1. The summed E-state index contributed by atoms with van der Waals surface area (Å²) in [6.45, 7) is 7.29. The lowest BCUT2D eigenvalue weighted by atomic mass is 9.89. The standard InChI is InChI=1S/C18H27NO2/c1-4-14-8-9-17-15(10-14)18(20)16(11-21-17)19-12(2)6-5-7-13(19)3/h8-10,12-13,16,18,20H,4-7,11H2,1-3H3. The van der Waals surface area contributed by atoms with Crippen molar-refractivity contribution in [2.75, 3.05) is 6.61 Å². The number of aliphatic hydroxyl groups is 1. The van der Waals surface area contributed by atoms with Crippen LogP contribution in [0.1, 0.15) is 57.3 Å². The number of nitrogens with zero attached hydrogens (tertiary/aromatic N) is 1. The highest BCUT2D eigenvalue weighted by atomic mass is 16.5. The van der Waals surface area contributed by atoms with Crippen LogP contribution >= 0.6 is 0 Å². The number of rotatable bonds is 2. The van der Waals surface area contributed by atoms with Crippen LogP contribution in [0.25, 0.3) is 0 Å². The van der Waals surface area contributed by atoms with Crippen LogP contribution in [0.4, 0.5) is 0 Å². The highest BCUT2D eigenvalue weighted by molar-refractivity contribution is 5.41. The minimum atomic E-state index is -0.441. The van der Waals surface area contributed by atoms with Crippen LogP contribution in [-0.2, 0) is 6.42 Å². The molecule has 0 amide bonds. The number of likely N-dealkylation sites (tertiary alicyclic amines) is 1. The van der Waals surface area contributed by atoms with Crippen LogP contribution in [0.2, 0.25) is 0 Å². The molecule has 1 N–H and O–H groups in total. The summed E-state index contributed by atoms with van der Waals surface area (Å²) in [5.74, 6) is 0.855. The summed E-state index contributed by atoms with van der Waals surface area (Å²) >= 11 is 0. The fourth-order valence-corrected chi connectivity index (χ4v) is 4.00. The molecule has 0 aliphatic carbocycles. The molecule has 0 saturated carbocycles. The molecule has 4 atom stereocenters. The molecule has 1 aromatic carbocycles. The van der Waals surface area contributed by atoms with E-state index in [1.807, 2.05) is 6.07 Å². The molecule has 2 aliphatic heterocycles. The molecule has 0 spiro atoms. The lowest BCUT2D eigenvalue weighted by Gasteiger charge is -2.47. The quantitative estimate of drug-likeness (QED) is 0.906. The van der Waals surface area contributed by atoms with E-state index in [9.17, 15) is 5.11 Å². The van der Waals surface area contributed by atoms with Crippen molar-refractivity contribution in [3.8, 4) is 5.75 Å². The third-order valence-corrected chi connectivity index (χ3v) is 5.22. The van der Waals surface area contributed by atoms with Crippen molar-refractivity contribution in [2.45, 2.75) is 70.7 Å². The van der Waals surface area contributed by atoms with E-state index in [0.717, 1.165) is 17.7 Å². The Balaban J connectivity index is 1.88. The van der Waals surface area contributed by atoms with Crippen LogP contribution in [-0.4, -0.2) is 34.7 Å².